The van der Waals surface area contributed by atoms with Crippen LogP contribution in [-0.2, 0) is 14.8 Å². The summed E-state index contributed by atoms with van der Waals surface area (Å²) in [6.07, 6.45) is 0. The molecular formula is C11H16N2O4S2. The first-order valence-corrected chi connectivity index (χ1v) is 8.17. The van der Waals surface area contributed by atoms with Crippen molar-refractivity contribution in [1.29, 1.82) is 0 Å². The molecule has 8 heteroatoms. The van der Waals surface area contributed by atoms with Gasteiger partial charge in [0.05, 0.1) is 12.0 Å². The van der Waals surface area contributed by atoms with Crippen molar-refractivity contribution in [2.45, 2.75) is 17.9 Å². The molecule has 0 aromatic carbocycles. The highest BCUT2D eigenvalue weighted by Crippen LogP contribution is 2.24. The number of hydrogen-bond donors (Lipinski definition) is 1. The van der Waals surface area contributed by atoms with E-state index >= 15 is 0 Å². The zero-order chi connectivity index (χ0) is 14.0. The molecule has 1 aromatic heterocycles. The fraction of sp³-hybridized carbons (Fsp3) is 0.545. The van der Waals surface area contributed by atoms with Crippen LogP contribution in [0.15, 0.2) is 16.3 Å². The lowest BCUT2D eigenvalue weighted by molar-refractivity contribution is 0.0606. The van der Waals surface area contributed by atoms with E-state index in [-0.39, 0.29) is 10.9 Å². The van der Waals surface area contributed by atoms with Crippen molar-refractivity contribution in [3.05, 3.63) is 16.3 Å². The molecule has 0 amide bonds. The molecule has 0 aliphatic carbocycles. The molecule has 1 aliphatic heterocycles. The second-order valence-corrected chi connectivity index (χ2v) is 7.21. The molecular weight excluding hydrogens is 288 g/mol. The van der Waals surface area contributed by atoms with E-state index in [0.29, 0.717) is 24.5 Å². The summed E-state index contributed by atoms with van der Waals surface area (Å²) in [5.74, 6) is -0.514. The van der Waals surface area contributed by atoms with Crippen LogP contribution in [0.4, 0.5) is 0 Å². The number of hydrogen-bond acceptors (Lipinski definition) is 6. The SMILES string of the molecule is COC(=O)c1cc(S(=O)(=O)N2CCNC(C)C2)cs1. The van der Waals surface area contributed by atoms with Crippen molar-refractivity contribution in [3.63, 3.8) is 0 Å². The molecule has 1 N–H and O–H groups in total. The highest BCUT2D eigenvalue weighted by Gasteiger charge is 2.29. The largest absolute Gasteiger partial charge is 0.465 e. The first kappa shape index (κ1) is 14.4. The Morgan fingerprint density at radius 1 is 1.58 bits per heavy atom. The van der Waals surface area contributed by atoms with E-state index in [1.807, 2.05) is 6.92 Å². The van der Waals surface area contributed by atoms with Crippen LogP contribution in [0.25, 0.3) is 0 Å². The number of rotatable bonds is 3. The zero-order valence-electron chi connectivity index (χ0n) is 10.8. The van der Waals surface area contributed by atoms with Crippen molar-refractivity contribution < 1.29 is 17.9 Å². The number of esters is 1. The molecule has 1 aliphatic rings. The van der Waals surface area contributed by atoms with Crippen molar-refractivity contribution in [3.8, 4) is 0 Å². The third-order valence-electron chi connectivity index (χ3n) is 2.93. The number of methoxy groups -OCH3 is 1. The molecule has 1 unspecified atom stereocenters. The third kappa shape index (κ3) is 2.97. The summed E-state index contributed by atoms with van der Waals surface area (Å²) in [6, 6.07) is 1.50. The second-order valence-electron chi connectivity index (χ2n) is 4.36. The Balaban J connectivity index is 2.24. The highest BCUT2D eigenvalue weighted by molar-refractivity contribution is 7.89. The summed E-state index contributed by atoms with van der Waals surface area (Å²) in [7, 11) is -2.25. The van der Waals surface area contributed by atoms with Crippen LogP contribution >= 0.6 is 11.3 Å². The van der Waals surface area contributed by atoms with Gasteiger partial charge in [0, 0.05) is 31.1 Å². The highest BCUT2D eigenvalue weighted by atomic mass is 32.2. The molecule has 0 bridgehead atoms. The topological polar surface area (TPSA) is 75.7 Å². The van der Waals surface area contributed by atoms with Gasteiger partial charge < -0.3 is 10.1 Å². The summed E-state index contributed by atoms with van der Waals surface area (Å²) in [4.78, 5) is 11.8. The number of carbonyl (C=O) groups is 1. The van der Waals surface area contributed by atoms with Gasteiger partial charge in [-0.3, -0.25) is 0 Å². The van der Waals surface area contributed by atoms with Crippen molar-refractivity contribution in [2.75, 3.05) is 26.7 Å². The molecule has 1 aromatic rings. The number of ether oxygens (including phenoxy) is 1. The van der Waals surface area contributed by atoms with Gasteiger partial charge in [0.2, 0.25) is 10.0 Å². The Morgan fingerprint density at radius 3 is 2.95 bits per heavy atom. The molecule has 2 rings (SSSR count). The molecule has 6 nitrogen and oxygen atoms in total. The van der Waals surface area contributed by atoms with Crippen LogP contribution in [0.3, 0.4) is 0 Å². The van der Waals surface area contributed by atoms with Gasteiger partial charge in [-0.05, 0) is 13.0 Å². The Morgan fingerprint density at radius 2 is 2.32 bits per heavy atom. The van der Waals surface area contributed by atoms with Crippen LogP contribution in [0.2, 0.25) is 0 Å². The maximum absolute atomic E-state index is 12.4. The normalized spacial score (nSPS) is 21.3. The first-order valence-electron chi connectivity index (χ1n) is 5.85. The van der Waals surface area contributed by atoms with E-state index in [1.165, 1.54) is 22.9 Å². The zero-order valence-corrected chi connectivity index (χ0v) is 12.4. The predicted octanol–water partition coefficient (Wildman–Crippen LogP) is 0.517. The number of nitrogens with zero attached hydrogens (tertiary/aromatic N) is 1. The summed E-state index contributed by atoms with van der Waals surface area (Å²) < 4.78 is 30.8. The maximum atomic E-state index is 12.4. The van der Waals surface area contributed by atoms with E-state index in [9.17, 15) is 13.2 Å². The van der Waals surface area contributed by atoms with Crippen LogP contribution < -0.4 is 5.32 Å². The molecule has 106 valence electrons. The standard InChI is InChI=1S/C11H16N2O4S2/c1-8-6-13(4-3-12-8)19(15,16)9-5-10(18-7-9)11(14)17-2/h5,7-8,12H,3-4,6H2,1-2H3. The summed E-state index contributed by atoms with van der Waals surface area (Å²) in [5, 5.41) is 4.67. The summed E-state index contributed by atoms with van der Waals surface area (Å²) in [6.45, 7) is 3.45. The number of thiophene rings is 1. The minimum absolute atomic E-state index is 0.127. The Kier molecular flexibility index (Phi) is 4.24. The number of carbonyl (C=O) groups excluding carboxylic acids is 1. The third-order valence-corrected chi connectivity index (χ3v) is 5.83. The van der Waals surface area contributed by atoms with Crippen molar-refractivity contribution >= 4 is 27.3 Å². The van der Waals surface area contributed by atoms with E-state index in [1.54, 1.807) is 0 Å². The van der Waals surface area contributed by atoms with Crippen LogP contribution in [0, 0.1) is 0 Å². The van der Waals surface area contributed by atoms with Gasteiger partial charge in [0.25, 0.3) is 0 Å². The molecule has 19 heavy (non-hydrogen) atoms. The molecule has 1 saturated heterocycles. The first-order chi connectivity index (χ1) is 8.95. The van der Waals surface area contributed by atoms with Gasteiger partial charge in [0.1, 0.15) is 4.88 Å². The van der Waals surface area contributed by atoms with Gasteiger partial charge in [-0.1, -0.05) is 0 Å². The fourth-order valence-electron chi connectivity index (χ4n) is 1.93. The Hall–Kier alpha value is -0.960. The molecule has 2 heterocycles. The maximum Gasteiger partial charge on any atom is 0.348 e. The van der Waals surface area contributed by atoms with Crippen LogP contribution in [-0.4, -0.2) is 51.5 Å². The van der Waals surface area contributed by atoms with E-state index in [4.69, 9.17) is 0 Å². The van der Waals surface area contributed by atoms with Crippen LogP contribution in [0.1, 0.15) is 16.6 Å². The van der Waals surface area contributed by atoms with Crippen molar-refractivity contribution in [2.24, 2.45) is 0 Å². The lowest BCUT2D eigenvalue weighted by Crippen LogP contribution is -2.51. The van der Waals surface area contributed by atoms with Gasteiger partial charge in [-0.25, -0.2) is 13.2 Å². The lowest BCUT2D eigenvalue weighted by Gasteiger charge is -2.30. The molecule has 1 fully saturated rings. The Bertz CT molecular complexity index is 567. The minimum atomic E-state index is -3.52. The molecule has 0 spiro atoms. The van der Waals surface area contributed by atoms with Gasteiger partial charge >= 0.3 is 5.97 Å². The van der Waals surface area contributed by atoms with Crippen molar-refractivity contribution in [1.82, 2.24) is 9.62 Å². The average molecular weight is 304 g/mol. The molecule has 0 saturated carbocycles. The minimum Gasteiger partial charge on any atom is -0.465 e. The monoisotopic (exact) mass is 304 g/mol. The summed E-state index contributed by atoms with van der Waals surface area (Å²) in [5.41, 5.74) is 0. The quantitative estimate of drug-likeness (QED) is 0.824. The molecule has 1 atom stereocenters. The van der Waals surface area contributed by atoms with Crippen LogP contribution in [0.5, 0.6) is 0 Å². The van der Waals surface area contributed by atoms with Gasteiger partial charge in [-0.15, -0.1) is 11.3 Å². The second kappa shape index (κ2) is 5.58. The van der Waals surface area contributed by atoms with Gasteiger partial charge in [-0.2, -0.15) is 4.31 Å². The van der Waals surface area contributed by atoms with E-state index < -0.39 is 16.0 Å². The van der Waals surface area contributed by atoms with Gasteiger partial charge in [0.15, 0.2) is 0 Å². The summed E-state index contributed by atoms with van der Waals surface area (Å²) >= 11 is 1.08. The smallest absolute Gasteiger partial charge is 0.348 e. The number of piperazine rings is 1. The lowest BCUT2D eigenvalue weighted by atomic mass is 10.3. The Labute approximate surface area is 116 Å². The van der Waals surface area contributed by atoms with E-state index in [2.05, 4.69) is 10.1 Å². The average Bonchev–Trinajstić information content (AvgIpc) is 2.88. The fourth-order valence-corrected chi connectivity index (χ4v) is 4.63. The predicted molar refractivity (Wildman–Crippen MR) is 71.9 cm³/mol. The van der Waals surface area contributed by atoms with E-state index in [0.717, 1.165) is 11.3 Å². The number of nitrogens with one attached hydrogen (secondary N) is 1. The number of sulfonamides is 1. The molecule has 0 radical (unpaired) electrons.